The lowest BCUT2D eigenvalue weighted by Gasteiger charge is -2.17. The highest BCUT2D eigenvalue weighted by atomic mass is 16.6. The van der Waals surface area contributed by atoms with E-state index in [1.165, 1.54) is 103 Å². The summed E-state index contributed by atoms with van der Waals surface area (Å²) in [5.74, 6) is -1.10. The molecule has 0 aliphatic rings. The highest BCUT2D eigenvalue weighted by molar-refractivity contribution is 5.70. The monoisotopic (exact) mass is 635 g/mol. The molecule has 6 nitrogen and oxygen atoms in total. The summed E-state index contributed by atoms with van der Waals surface area (Å²) in [5, 5.41) is 0. The molecule has 0 N–H and O–H groups in total. The maximum Gasteiger partial charge on any atom is 0.306 e. The second-order valence-electron chi connectivity index (χ2n) is 12.6. The highest BCUT2D eigenvalue weighted by Gasteiger charge is 2.18. The van der Waals surface area contributed by atoms with Crippen LogP contribution < -0.4 is 0 Å². The summed E-state index contributed by atoms with van der Waals surface area (Å²) in [6, 6.07) is 0. The quantitative estimate of drug-likeness (QED) is 0.0309. The first-order valence-electron chi connectivity index (χ1n) is 18.8. The van der Waals surface area contributed by atoms with E-state index in [4.69, 9.17) is 14.2 Å². The van der Waals surface area contributed by atoms with Gasteiger partial charge in [0.05, 0.1) is 0 Å². The van der Waals surface area contributed by atoms with Crippen LogP contribution >= 0.6 is 0 Å². The van der Waals surface area contributed by atoms with Crippen LogP contribution in [0.15, 0.2) is 24.3 Å². The van der Waals surface area contributed by atoms with Crippen molar-refractivity contribution in [1.29, 1.82) is 0 Å². The molecule has 0 rings (SSSR count). The minimum Gasteiger partial charge on any atom is -0.462 e. The van der Waals surface area contributed by atoms with Crippen molar-refractivity contribution in [2.24, 2.45) is 0 Å². The highest BCUT2D eigenvalue weighted by Crippen LogP contribution is 2.14. The number of rotatable bonds is 33. The SMILES string of the molecule is CCCCCC/C=C/C=C\CCCCCCCC(=O)OC(COC(C)=O)COC(=O)CCCCCCCCCCCCCCC. The molecule has 0 aromatic heterocycles. The van der Waals surface area contributed by atoms with Gasteiger partial charge in [0.15, 0.2) is 6.10 Å². The van der Waals surface area contributed by atoms with E-state index in [2.05, 4.69) is 38.2 Å². The second kappa shape index (κ2) is 34.8. The topological polar surface area (TPSA) is 78.9 Å². The lowest BCUT2D eigenvalue weighted by molar-refractivity contribution is -0.166. The van der Waals surface area contributed by atoms with Crippen molar-refractivity contribution < 1.29 is 28.6 Å². The fraction of sp³-hybridized carbons (Fsp3) is 0.821. The van der Waals surface area contributed by atoms with Crippen LogP contribution in [0.2, 0.25) is 0 Å². The molecule has 262 valence electrons. The Morgan fingerprint density at radius 3 is 1.33 bits per heavy atom. The van der Waals surface area contributed by atoms with Crippen LogP contribution in [0.1, 0.15) is 188 Å². The number of hydrogen-bond donors (Lipinski definition) is 0. The Balaban J connectivity index is 3.89. The van der Waals surface area contributed by atoms with Gasteiger partial charge >= 0.3 is 17.9 Å². The van der Waals surface area contributed by atoms with Gasteiger partial charge < -0.3 is 14.2 Å². The summed E-state index contributed by atoms with van der Waals surface area (Å²) in [5.41, 5.74) is 0. The summed E-state index contributed by atoms with van der Waals surface area (Å²) in [4.78, 5) is 35.9. The third kappa shape index (κ3) is 34.6. The van der Waals surface area contributed by atoms with E-state index in [1.54, 1.807) is 0 Å². The van der Waals surface area contributed by atoms with E-state index in [9.17, 15) is 14.4 Å². The number of allylic oxidation sites excluding steroid dienone is 4. The summed E-state index contributed by atoms with van der Waals surface area (Å²) < 4.78 is 15.9. The van der Waals surface area contributed by atoms with Crippen LogP contribution in [0, 0.1) is 0 Å². The van der Waals surface area contributed by atoms with Crippen molar-refractivity contribution in [1.82, 2.24) is 0 Å². The van der Waals surface area contributed by atoms with E-state index >= 15 is 0 Å². The van der Waals surface area contributed by atoms with Gasteiger partial charge in [-0.3, -0.25) is 14.4 Å². The van der Waals surface area contributed by atoms with E-state index in [-0.39, 0.29) is 25.2 Å². The largest absolute Gasteiger partial charge is 0.462 e. The number of carbonyl (C=O) groups excluding carboxylic acids is 3. The molecule has 0 saturated heterocycles. The predicted octanol–water partition coefficient (Wildman–Crippen LogP) is 11.3. The van der Waals surface area contributed by atoms with Gasteiger partial charge in [0.25, 0.3) is 0 Å². The molecule has 0 amide bonds. The van der Waals surface area contributed by atoms with Gasteiger partial charge in [-0.05, 0) is 38.5 Å². The van der Waals surface area contributed by atoms with Gasteiger partial charge in [0.1, 0.15) is 13.2 Å². The number of ether oxygens (including phenoxy) is 3. The summed E-state index contributed by atoms with van der Waals surface area (Å²) in [6.45, 7) is 5.61. The maximum absolute atomic E-state index is 12.4. The van der Waals surface area contributed by atoms with Gasteiger partial charge in [-0.25, -0.2) is 0 Å². The summed E-state index contributed by atoms with van der Waals surface area (Å²) in [6.07, 6.45) is 37.6. The average Bonchev–Trinajstić information content (AvgIpc) is 3.02. The zero-order valence-corrected chi connectivity index (χ0v) is 29.6. The van der Waals surface area contributed by atoms with Gasteiger partial charge in [-0.2, -0.15) is 0 Å². The first kappa shape index (κ1) is 42.9. The number of esters is 3. The lowest BCUT2D eigenvalue weighted by atomic mass is 10.0. The Morgan fingerprint density at radius 2 is 0.867 bits per heavy atom. The molecule has 0 aliphatic carbocycles. The van der Waals surface area contributed by atoms with E-state index in [1.807, 2.05) is 0 Å². The Hall–Kier alpha value is -2.11. The molecular formula is C39H70O6. The van der Waals surface area contributed by atoms with Crippen LogP contribution in [0.4, 0.5) is 0 Å². The molecule has 0 aliphatic heterocycles. The molecule has 0 bridgehead atoms. The van der Waals surface area contributed by atoms with Crippen LogP contribution in [-0.2, 0) is 28.6 Å². The zero-order chi connectivity index (χ0) is 33.1. The zero-order valence-electron chi connectivity index (χ0n) is 29.6. The van der Waals surface area contributed by atoms with Gasteiger partial charge in [0, 0.05) is 19.8 Å². The third-order valence-electron chi connectivity index (χ3n) is 8.04. The van der Waals surface area contributed by atoms with E-state index < -0.39 is 12.1 Å². The molecule has 1 atom stereocenters. The molecule has 0 fully saturated rings. The first-order chi connectivity index (χ1) is 22.0. The lowest BCUT2D eigenvalue weighted by Crippen LogP contribution is -2.30. The van der Waals surface area contributed by atoms with Crippen LogP contribution in [0.25, 0.3) is 0 Å². The van der Waals surface area contributed by atoms with Crippen molar-refractivity contribution in [2.75, 3.05) is 13.2 Å². The first-order valence-corrected chi connectivity index (χ1v) is 18.8. The van der Waals surface area contributed by atoms with Crippen molar-refractivity contribution in [3.8, 4) is 0 Å². The van der Waals surface area contributed by atoms with Crippen molar-refractivity contribution >= 4 is 17.9 Å². The Bertz CT molecular complexity index is 744. The second-order valence-corrected chi connectivity index (χ2v) is 12.6. The molecule has 0 heterocycles. The van der Waals surface area contributed by atoms with Crippen LogP contribution in [-0.4, -0.2) is 37.2 Å². The standard InChI is InChI=1S/C39H70O6/c1-4-6-8-10-12-14-16-18-19-21-23-25-27-29-31-33-39(42)45-37(34-43-36(3)40)35-44-38(41)32-30-28-26-24-22-20-17-15-13-11-9-7-5-2/h14,16,18-19,37H,4-13,15,17,20-35H2,1-3H3/b16-14+,19-18-. The Labute approximate surface area is 277 Å². The Morgan fingerprint density at radius 1 is 0.489 bits per heavy atom. The van der Waals surface area contributed by atoms with Crippen LogP contribution in [0.3, 0.4) is 0 Å². The molecule has 0 radical (unpaired) electrons. The molecule has 1 unspecified atom stereocenters. The molecule has 0 aromatic rings. The minimum atomic E-state index is -0.769. The summed E-state index contributed by atoms with van der Waals surface area (Å²) in [7, 11) is 0. The number of carbonyl (C=O) groups is 3. The summed E-state index contributed by atoms with van der Waals surface area (Å²) >= 11 is 0. The van der Waals surface area contributed by atoms with Gasteiger partial charge in [-0.1, -0.05) is 154 Å². The van der Waals surface area contributed by atoms with E-state index in [0.29, 0.717) is 12.8 Å². The fourth-order valence-corrected chi connectivity index (χ4v) is 5.22. The Kier molecular flexibility index (Phi) is 33.1. The molecule has 45 heavy (non-hydrogen) atoms. The number of unbranched alkanes of at least 4 members (excludes halogenated alkanes) is 21. The molecular weight excluding hydrogens is 564 g/mol. The van der Waals surface area contributed by atoms with Gasteiger partial charge in [-0.15, -0.1) is 0 Å². The van der Waals surface area contributed by atoms with E-state index in [0.717, 1.165) is 57.8 Å². The smallest absolute Gasteiger partial charge is 0.306 e. The normalized spacial score (nSPS) is 12.2. The van der Waals surface area contributed by atoms with Crippen molar-refractivity contribution in [3.63, 3.8) is 0 Å². The van der Waals surface area contributed by atoms with Gasteiger partial charge in [0.2, 0.25) is 0 Å². The van der Waals surface area contributed by atoms with Crippen molar-refractivity contribution in [3.05, 3.63) is 24.3 Å². The third-order valence-corrected chi connectivity index (χ3v) is 8.04. The number of hydrogen-bond acceptors (Lipinski definition) is 6. The average molecular weight is 635 g/mol. The molecule has 6 heteroatoms. The molecule has 0 saturated carbocycles. The maximum atomic E-state index is 12.4. The minimum absolute atomic E-state index is 0.0855. The molecule has 0 spiro atoms. The molecule has 0 aromatic carbocycles. The predicted molar refractivity (Wildman–Crippen MR) is 187 cm³/mol. The van der Waals surface area contributed by atoms with Crippen LogP contribution in [0.5, 0.6) is 0 Å². The fourth-order valence-electron chi connectivity index (χ4n) is 5.22. The van der Waals surface area contributed by atoms with Crippen molar-refractivity contribution in [2.45, 2.75) is 194 Å².